The molecule has 112 valence electrons. The van der Waals surface area contributed by atoms with Crippen molar-refractivity contribution in [2.24, 2.45) is 0 Å². The Balaban J connectivity index is 1.91. The van der Waals surface area contributed by atoms with Crippen molar-refractivity contribution in [3.8, 4) is 0 Å². The van der Waals surface area contributed by atoms with Crippen LogP contribution in [0.25, 0.3) is 10.8 Å². The first-order chi connectivity index (χ1) is 11.2. The number of nitrogens with zero attached hydrogens (tertiary/aromatic N) is 1. The predicted molar refractivity (Wildman–Crippen MR) is 90.9 cm³/mol. The van der Waals surface area contributed by atoms with Gasteiger partial charge in [0.05, 0.1) is 5.69 Å². The summed E-state index contributed by atoms with van der Waals surface area (Å²) in [6.45, 7) is 2.07. The average molecular weight is 301 g/mol. The Bertz CT molecular complexity index is 891. The van der Waals surface area contributed by atoms with Crippen LogP contribution in [0.2, 0.25) is 0 Å². The molecular weight excluding hydrogens is 286 g/mol. The molecule has 3 heteroatoms. The fourth-order valence-corrected chi connectivity index (χ4v) is 3.15. The predicted octanol–water partition coefficient (Wildman–Crippen LogP) is 4.20. The molecule has 1 aliphatic rings. The van der Waals surface area contributed by atoms with Crippen LogP contribution in [0.5, 0.6) is 0 Å². The number of hydrogen-bond donors (Lipinski definition) is 0. The molecule has 0 bridgehead atoms. The molecule has 4 rings (SSSR count). The summed E-state index contributed by atoms with van der Waals surface area (Å²) in [4.78, 5) is 27.0. The first-order valence-corrected chi connectivity index (χ1v) is 7.70. The lowest BCUT2D eigenvalue weighted by atomic mass is 9.93. The van der Waals surface area contributed by atoms with Gasteiger partial charge in [-0.3, -0.25) is 9.59 Å². The molecule has 0 N–H and O–H groups in total. The van der Waals surface area contributed by atoms with Crippen LogP contribution in [-0.2, 0) is 6.42 Å². The number of aryl methyl sites for hydroxylation is 1. The molecule has 23 heavy (non-hydrogen) atoms. The first-order valence-electron chi connectivity index (χ1n) is 7.70. The molecule has 0 atom stereocenters. The van der Waals surface area contributed by atoms with E-state index in [2.05, 4.69) is 6.92 Å². The van der Waals surface area contributed by atoms with Crippen molar-refractivity contribution >= 4 is 28.3 Å². The van der Waals surface area contributed by atoms with Crippen molar-refractivity contribution in [1.82, 2.24) is 0 Å². The third-order valence-corrected chi connectivity index (χ3v) is 4.37. The molecule has 2 amide bonds. The maximum Gasteiger partial charge on any atom is 0.265 e. The van der Waals surface area contributed by atoms with Gasteiger partial charge in [0, 0.05) is 16.5 Å². The third kappa shape index (κ3) is 1.97. The van der Waals surface area contributed by atoms with Gasteiger partial charge in [-0.25, -0.2) is 4.90 Å². The molecule has 0 unspecified atom stereocenters. The second kappa shape index (κ2) is 5.06. The van der Waals surface area contributed by atoms with Crippen molar-refractivity contribution in [1.29, 1.82) is 0 Å². The second-order valence-electron chi connectivity index (χ2n) is 5.67. The lowest BCUT2D eigenvalue weighted by molar-refractivity contribution is 0.0893. The molecule has 0 aromatic heterocycles. The molecule has 1 heterocycles. The summed E-state index contributed by atoms with van der Waals surface area (Å²) in [5.41, 5.74) is 2.95. The number of amides is 2. The molecule has 3 aromatic carbocycles. The molecule has 3 aromatic rings. The van der Waals surface area contributed by atoms with Crippen LogP contribution in [0, 0.1) is 0 Å². The number of carbonyl (C=O) groups is 2. The van der Waals surface area contributed by atoms with E-state index in [-0.39, 0.29) is 11.8 Å². The largest absolute Gasteiger partial charge is 0.268 e. The van der Waals surface area contributed by atoms with Crippen molar-refractivity contribution in [2.45, 2.75) is 13.3 Å². The highest BCUT2D eigenvalue weighted by Crippen LogP contribution is 2.32. The highest BCUT2D eigenvalue weighted by atomic mass is 16.2. The minimum Gasteiger partial charge on any atom is -0.268 e. The van der Waals surface area contributed by atoms with E-state index in [1.165, 1.54) is 10.5 Å². The average Bonchev–Trinajstić information content (AvgIpc) is 2.60. The summed E-state index contributed by atoms with van der Waals surface area (Å²) in [6, 6.07) is 18.7. The van der Waals surface area contributed by atoms with Gasteiger partial charge in [-0.1, -0.05) is 43.3 Å². The zero-order chi connectivity index (χ0) is 16.0. The standard InChI is InChI=1S/C20H15NO2/c1-2-13-9-11-15(12-10-13)21-19(22)16-7-3-5-14-6-4-8-17(18(14)16)20(21)23/h3-12H,2H2,1H3. The van der Waals surface area contributed by atoms with Crippen molar-refractivity contribution in [3.63, 3.8) is 0 Å². The van der Waals surface area contributed by atoms with Crippen LogP contribution >= 0.6 is 0 Å². The summed E-state index contributed by atoms with van der Waals surface area (Å²) in [5.74, 6) is -0.521. The van der Waals surface area contributed by atoms with Crippen molar-refractivity contribution in [3.05, 3.63) is 77.4 Å². The van der Waals surface area contributed by atoms with Crippen LogP contribution < -0.4 is 4.90 Å². The molecule has 0 radical (unpaired) electrons. The summed E-state index contributed by atoms with van der Waals surface area (Å²) in [6.07, 6.45) is 0.921. The maximum absolute atomic E-state index is 12.9. The molecule has 0 spiro atoms. The van der Waals surface area contributed by atoms with Gasteiger partial charge < -0.3 is 0 Å². The summed E-state index contributed by atoms with van der Waals surface area (Å²) < 4.78 is 0. The number of carbonyl (C=O) groups excluding carboxylic acids is 2. The lowest BCUT2D eigenvalue weighted by Gasteiger charge is -2.27. The van der Waals surface area contributed by atoms with E-state index in [1.807, 2.05) is 48.5 Å². The Morgan fingerprint density at radius 2 is 1.35 bits per heavy atom. The Labute approximate surface area is 134 Å². The van der Waals surface area contributed by atoms with Crippen LogP contribution in [0.3, 0.4) is 0 Å². The van der Waals surface area contributed by atoms with E-state index in [0.29, 0.717) is 16.8 Å². The topological polar surface area (TPSA) is 37.4 Å². The van der Waals surface area contributed by atoms with Crippen molar-refractivity contribution < 1.29 is 9.59 Å². The monoisotopic (exact) mass is 301 g/mol. The number of rotatable bonds is 2. The fraction of sp³-hybridized carbons (Fsp3) is 0.100. The van der Waals surface area contributed by atoms with Gasteiger partial charge in [0.2, 0.25) is 0 Å². The summed E-state index contributed by atoms with van der Waals surface area (Å²) in [5, 5.41) is 1.68. The van der Waals surface area contributed by atoms with Gasteiger partial charge in [-0.2, -0.15) is 0 Å². The van der Waals surface area contributed by atoms with Gasteiger partial charge in [0.25, 0.3) is 11.8 Å². The maximum atomic E-state index is 12.9. The molecule has 3 nitrogen and oxygen atoms in total. The minimum atomic E-state index is -0.261. The molecule has 0 aliphatic carbocycles. The van der Waals surface area contributed by atoms with Crippen LogP contribution in [0.4, 0.5) is 5.69 Å². The van der Waals surface area contributed by atoms with Gasteiger partial charge in [0.15, 0.2) is 0 Å². The number of benzene rings is 3. The number of anilines is 1. The van der Waals surface area contributed by atoms with Gasteiger partial charge in [-0.15, -0.1) is 0 Å². The minimum absolute atomic E-state index is 0.261. The first kappa shape index (κ1) is 13.7. The molecule has 0 saturated carbocycles. The van der Waals surface area contributed by atoms with Gasteiger partial charge >= 0.3 is 0 Å². The van der Waals surface area contributed by atoms with Crippen LogP contribution in [0.1, 0.15) is 33.2 Å². The van der Waals surface area contributed by atoms with E-state index in [1.54, 1.807) is 12.1 Å². The van der Waals surface area contributed by atoms with Gasteiger partial charge in [-0.05, 0) is 41.6 Å². The SMILES string of the molecule is CCc1ccc(N2C(=O)c3cccc4cccc(c34)C2=O)cc1. The number of hydrogen-bond acceptors (Lipinski definition) is 2. The zero-order valence-corrected chi connectivity index (χ0v) is 12.7. The third-order valence-electron chi connectivity index (χ3n) is 4.37. The fourth-order valence-electron chi connectivity index (χ4n) is 3.15. The quantitative estimate of drug-likeness (QED) is 0.665. The smallest absolute Gasteiger partial charge is 0.265 e. The Morgan fingerprint density at radius 1 is 0.783 bits per heavy atom. The summed E-state index contributed by atoms with van der Waals surface area (Å²) >= 11 is 0. The van der Waals surface area contributed by atoms with E-state index in [0.717, 1.165) is 17.2 Å². The zero-order valence-electron chi connectivity index (χ0n) is 12.7. The Hall–Kier alpha value is -2.94. The Kier molecular flexibility index (Phi) is 3.01. The molecule has 1 aliphatic heterocycles. The molecule has 0 saturated heterocycles. The van der Waals surface area contributed by atoms with E-state index >= 15 is 0 Å². The van der Waals surface area contributed by atoms with Gasteiger partial charge in [0.1, 0.15) is 0 Å². The molecular formula is C20H15NO2. The van der Waals surface area contributed by atoms with E-state index in [4.69, 9.17) is 0 Å². The normalized spacial score (nSPS) is 13.7. The highest BCUT2D eigenvalue weighted by Gasteiger charge is 2.33. The highest BCUT2D eigenvalue weighted by molar-refractivity contribution is 6.35. The lowest BCUT2D eigenvalue weighted by Crippen LogP contribution is -2.40. The summed E-state index contributed by atoms with van der Waals surface area (Å²) in [7, 11) is 0. The Morgan fingerprint density at radius 3 is 1.87 bits per heavy atom. The second-order valence-corrected chi connectivity index (χ2v) is 5.67. The number of imide groups is 1. The van der Waals surface area contributed by atoms with Crippen molar-refractivity contribution in [2.75, 3.05) is 4.90 Å². The molecule has 0 fully saturated rings. The van der Waals surface area contributed by atoms with E-state index < -0.39 is 0 Å². The van der Waals surface area contributed by atoms with Crippen LogP contribution in [0.15, 0.2) is 60.7 Å². The van der Waals surface area contributed by atoms with E-state index in [9.17, 15) is 9.59 Å². The van der Waals surface area contributed by atoms with Crippen LogP contribution in [-0.4, -0.2) is 11.8 Å².